The molecule has 1 amide bonds. The summed E-state index contributed by atoms with van der Waals surface area (Å²) in [5, 5.41) is 17.5. The van der Waals surface area contributed by atoms with Crippen LogP contribution in [0.5, 0.6) is 0 Å². The topological polar surface area (TPSA) is 108 Å². The highest BCUT2D eigenvalue weighted by Crippen LogP contribution is 2.41. The number of fused-ring (bicyclic) bond motifs is 4. The van der Waals surface area contributed by atoms with E-state index in [0.717, 1.165) is 51.2 Å². The number of anilines is 2. The molecule has 162 valence electrons. The molecular formula is C22H21N7OS2. The van der Waals surface area contributed by atoms with Gasteiger partial charge in [0.25, 0.3) is 0 Å². The van der Waals surface area contributed by atoms with Crippen molar-refractivity contribution in [3.63, 3.8) is 0 Å². The number of carbonyl (C=O) groups excluding carboxylic acids is 1. The Morgan fingerprint density at radius 1 is 1.38 bits per heavy atom. The number of thiophene rings is 1. The van der Waals surface area contributed by atoms with Crippen molar-refractivity contribution in [3.05, 3.63) is 35.0 Å². The van der Waals surface area contributed by atoms with Gasteiger partial charge in [-0.15, -0.1) is 16.4 Å². The summed E-state index contributed by atoms with van der Waals surface area (Å²) in [6.45, 7) is 3.10. The third kappa shape index (κ3) is 3.78. The summed E-state index contributed by atoms with van der Waals surface area (Å²) >= 11 is 3.02. The number of aromatic nitrogens is 4. The second kappa shape index (κ2) is 8.76. The molecule has 1 aliphatic rings. The molecule has 8 nitrogen and oxygen atoms in total. The molecule has 0 bridgehead atoms. The van der Waals surface area contributed by atoms with Crippen molar-refractivity contribution in [2.24, 2.45) is 5.92 Å². The van der Waals surface area contributed by atoms with Gasteiger partial charge in [-0.2, -0.15) is 5.26 Å². The van der Waals surface area contributed by atoms with Gasteiger partial charge in [0.05, 0.1) is 22.6 Å². The molecule has 1 N–H and O–H groups in total. The van der Waals surface area contributed by atoms with Gasteiger partial charge in [0.2, 0.25) is 5.91 Å². The summed E-state index contributed by atoms with van der Waals surface area (Å²) in [6, 6.07) is 8.09. The van der Waals surface area contributed by atoms with Gasteiger partial charge in [0, 0.05) is 29.6 Å². The molecular weight excluding hydrogens is 442 g/mol. The van der Waals surface area contributed by atoms with Gasteiger partial charge in [0.15, 0.2) is 0 Å². The summed E-state index contributed by atoms with van der Waals surface area (Å²) in [6.07, 6.45) is 4.29. The molecule has 3 heterocycles. The van der Waals surface area contributed by atoms with Crippen LogP contribution in [0.15, 0.2) is 24.5 Å². The molecule has 0 radical (unpaired) electrons. The lowest BCUT2D eigenvalue weighted by atomic mass is 9.86. The molecule has 0 saturated carbocycles. The Labute approximate surface area is 193 Å². The van der Waals surface area contributed by atoms with Crippen LogP contribution in [-0.2, 0) is 17.6 Å². The van der Waals surface area contributed by atoms with Gasteiger partial charge in [-0.25, -0.2) is 9.97 Å². The third-order valence-electron chi connectivity index (χ3n) is 5.89. The van der Waals surface area contributed by atoms with E-state index < -0.39 is 0 Å². The maximum Gasteiger partial charge on any atom is 0.226 e. The first-order valence-corrected chi connectivity index (χ1v) is 12.2. The molecule has 0 spiro atoms. The summed E-state index contributed by atoms with van der Waals surface area (Å²) < 4.78 is 5.02. The van der Waals surface area contributed by atoms with E-state index in [1.54, 1.807) is 17.7 Å². The number of nitrogens with one attached hydrogen (secondary N) is 1. The number of aryl methyl sites for hydroxylation is 1. The Hall–Kier alpha value is -3.16. The number of benzene rings is 1. The van der Waals surface area contributed by atoms with Crippen molar-refractivity contribution in [1.29, 1.82) is 5.26 Å². The lowest BCUT2D eigenvalue weighted by molar-refractivity contribution is -0.135. The number of hydrogen-bond acceptors (Lipinski definition) is 9. The van der Waals surface area contributed by atoms with Crippen molar-refractivity contribution >= 4 is 60.7 Å². The Balaban J connectivity index is 1.42. The average Bonchev–Trinajstić information content (AvgIpc) is 3.43. The molecule has 10 heteroatoms. The van der Waals surface area contributed by atoms with E-state index in [1.165, 1.54) is 22.0 Å². The quantitative estimate of drug-likeness (QED) is 0.454. The van der Waals surface area contributed by atoms with E-state index >= 15 is 0 Å². The standard InChI is InChI=1S/C22H21N7OS2/c1-2-29(9-3-8-23)22(30)13-4-6-15-17(10-13)31-21-19(15)20(24-12-25-21)26-14-5-7-16-18(11-14)32-28-27-16/h5,7,11-13H,2-4,6,9-10H2,1H3,(H,24,25,26)/t13-/m0/s1. The van der Waals surface area contributed by atoms with Gasteiger partial charge >= 0.3 is 0 Å². The van der Waals surface area contributed by atoms with Gasteiger partial charge < -0.3 is 10.2 Å². The van der Waals surface area contributed by atoms with Crippen LogP contribution in [0.1, 0.15) is 30.2 Å². The molecule has 1 aromatic carbocycles. The SMILES string of the molecule is CCN(CCC#N)C(=O)[C@H]1CCc2c(sc3ncnc(Nc4ccc5nnsc5c4)c23)C1. The average molecular weight is 464 g/mol. The van der Waals surface area contributed by atoms with Crippen LogP contribution in [0.4, 0.5) is 11.5 Å². The Bertz CT molecular complexity index is 1340. The molecule has 1 aliphatic carbocycles. The Kier molecular flexibility index (Phi) is 5.68. The van der Waals surface area contributed by atoms with Crippen LogP contribution >= 0.6 is 22.9 Å². The van der Waals surface area contributed by atoms with Crippen LogP contribution < -0.4 is 5.32 Å². The third-order valence-corrected chi connectivity index (χ3v) is 7.74. The number of nitriles is 1. The van der Waals surface area contributed by atoms with Crippen molar-refractivity contribution in [2.75, 3.05) is 18.4 Å². The summed E-state index contributed by atoms with van der Waals surface area (Å²) in [5.41, 5.74) is 3.06. The van der Waals surface area contributed by atoms with Gasteiger partial charge in [-0.1, -0.05) is 4.49 Å². The zero-order valence-electron chi connectivity index (χ0n) is 17.5. The van der Waals surface area contributed by atoms with Crippen molar-refractivity contribution in [2.45, 2.75) is 32.6 Å². The molecule has 4 aromatic rings. The lowest BCUT2D eigenvalue weighted by Crippen LogP contribution is -2.38. The van der Waals surface area contributed by atoms with Gasteiger partial charge in [-0.3, -0.25) is 4.79 Å². The summed E-state index contributed by atoms with van der Waals surface area (Å²) in [4.78, 5) is 26.0. The molecule has 1 atom stereocenters. The predicted molar refractivity (Wildman–Crippen MR) is 126 cm³/mol. The first kappa shape index (κ1) is 20.7. The zero-order chi connectivity index (χ0) is 22.1. The van der Waals surface area contributed by atoms with Crippen molar-refractivity contribution in [3.8, 4) is 6.07 Å². The number of nitrogens with zero attached hydrogens (tertiary/aromatic N) is 6. The first-order valence-electron chi connectivity index (χ1n) is 10.6. The molecule has 32 heavy (non-hydrogen) atoms. The van der Waals surface area contributed by atoms with E-state index in [4.69, 9.17) is 5.26 Å². The molecule has 3 aromatic heterocycles. The minimum absolute atomic E-state index is 0.0418. The number of hydrogen-bond donors (Lipinski definition) is 1. The number of carbonyl (C=O) groups is 1. The van der Waals surface area contributed by atoms with Gasteiger partial charge in [0.1, 0.15) is 22.5 Å². The minimum atomic E-state index is -0.0418. The maximum absolute atomic E-state index is 13.0. The fourth-order valence-corrected chi connectivity index (χ4v) is 6.14. The first-order chi connectivity index (χ1) is 15.7. The largest absolute Gasteiger partial charge is 0.342 e. The van der Waals surface area contributed by atoms with Gasteiger partial charge in [-0.05, 0) is 61.5 Å². The number of rotatable bonds is 6. The fourth-order valence-electron chi connectivity index (χ4n) is 4.28. The molecule has 0 aliphatic heterocycles. The number of amides is 1. The highest BCUT2D eigenvalue weighted by Gasteiger charge is 2.31. The van der Waals surface area contributed by atoms with Crippen LogP contribution in [0.2, 0.25) is 0 Å². The van der Waals surface area contributed by atoms with E-state index in [9.17, 15) is 4.79 Å². The fraction of sp³-hybridized carbons (Fsp3) is 0.364. The minimum Gasteiger partial charge on any atom is -0.342 e. The van der Waals surface area contributed by atoms with Crippen molar-refractivity contribution < 1.29 is 4.79 Å². The second-order valence-electron chi connectivity index (χ2n) is 7.75. The van der Waals surface area contributed by atoms with Crippen LogP contribution in [-0.4, -0.2) is 43.5 Å². The van der Waals surface area contributed by atoms with Crippen molar-refractivity contribution in [1.82, 2.24) is 24.5 Å². The van der Waals surface area contributed by atoms with E-state index in [-0.39, 0.29) is 11.8 Å². The zero-order valence-corrected chi connectivity index (χ0v) is 19.2. The van der Waals surface area contributed by atoms with Crippen LogP contribution in [0, 0.1) is 17.2 Å². The molecule has 0 saturated heterocycles. The Morgan fingerprint density at radius 3 is 3.12 bits per heavy atom. The molecule has 5 rings (SSSR count). The van der Waals surface area contributed by atoms with E-state index in [1.807, 2.05) is 30.0 Å². The highest BCUT2D eigenvalue weighted by atomic mass is 32.1. The maximum atomic E-state index is 13.0. The van der Waals surface area contributed by atoms with Crippen LogP contribution in [0.25, 0.3) is 20.4 Å². The van der Waals surface area contributed by atoms with E-state index in [2.05, 4.69) is 30.9 Å². The Morgan fingerprint density at radius 2 is 2.28 bits per heavy atom. The molecule has 0 unspecified atom stereocenters. The monoisotopic (exact) mass is 463 g/mol. The highest BCUT2D eigenvalue weighted by molar-refractivity contribution is 7.19. The summed E-state index contributed by atoms with van der Waals surface area (Å²) in [7, 11) is 0. The predicted octanol–water partition coefficient (Wildman–Crippen LogP) is 4.31. The lowest BCUT2D eigenvalue weighted by Gasteiger charge is -2.28. The molecule has 0 fully saturated rings. The van der Waals surface area contributed by atoms with Crippen LogP contribution in [0.3, 0.4) is 0 Å². The smallest absolute Gasteiger partial charge is 0.226 e. The van der Waals surface area contributed by atoms with E-state index in [0.29, 0.717) is 19.5 Å². The normalized spacial score (nSPS) is 15.4. The summed E-state index contributed by atoms with van der Waals surface area (Å²) in [5.74, 6) is 0.903. The second-order valence-corrected chi connectivity index (χ2v) is 9.62.